The van der Waals surface area contributed by atoms with Crippen LogP contribution in [-0.2, 0) is 4.79 Å². The molecule has 2 fully saturated rings. The minimum atomic E-state index is 0.0892. The van der Waals surface area contributed by atoms with Crippen molar-refractivity contribution in [3.8, 4) is 0 Å². The summed E-state index contributed by atoms with van der Waals surface area (Å²) in [7, 11) is 0. The molecule has 1 aliphatic heterocycles. The molecule has 0 spiro atoms. The molecule has 1 amide bonds. The van der Waals surface area contributed by atoms with Gasteiger partial charge in [-0.15, -0.1) is 0 Å². The van der Waals surface area contributed by atoms with Gasteiger partial charge in [0.25, 0.3) is 0 Å². The summed E-state index contributed by atoms with van der Waals surface area (Å²) >= 11 is 0. The molecule has 1 saturated heterocycles. The number of carbonyl (C=O) groups excluding carboxylic acids is 1. The van der Waals surface area contributed by atoms with Crippen molar-refractivity contribution in [2.45, 2.75) is 44.6 Å². The Bertz CT molecular complexity index is 444. The second kappa shape index (κ2) is 6.20. The van der Waals surface area contributed by atoms with Crippen LogP contribution in [0.4, 0.5) is 5.82 Å². The third-order valence-electron chi connectivity index (χ3n) is 4.37. The zero-order valence-corrected chi connectivity index (χ0v) is 11.8. The molecular formula is C15H22N4O. The topological polar surface area (TPSA) is 58.1 Å². The lowest BCUT2D eigenvalue weighted by molar-refractivity contribution is -0.125. The van der Waals surface area contributed by atoms with E-state index in [-0.39, 0.29) is 11.8 Å². The molecule has 1 atom stereocenters. The van der Waals surface area contributed by atoms with Crippen LogP contribution in [-0.4, -0.2) is 35.0 Å². The lowest BCUT2D eigenvalue weighted by Gasteiger charge is -2.33. The predicted octanol–water partition coefficient (Wildman–Crippen LogP) is 1.75. The van der Waals surface area contributed by atoms with Gasteiger partial charge in [-0.05, 0) is 25.7 Å². The molecule has 1 aromatic rings. The number of nitrogens with one attached hydrogen (secondary N) is 1. The van der Waals surface area contributed by atoms with E-state index in [9.17, 15) is 4.79 Å². The number of anilines is 1. The van der Waals surface area contributed by atoms with Gasteiger partial charge in [0.15, 0.2) is 0 Å². The van der Waals surface area contributed by atoms with E-state index in [1.165, 1.54) is 12.8 Å². The van der Waals surface area contributed by atoms with E-state index in [0.717, 1.165) is 44.6 Å². The number of carbonyl (C=O) groups is 1. The molecule has 2 aliphatic rings. The molecule has 1 aromatic heterocycles. The summed E-state index contributed by atoms with van der Waals surface area (Å²) in [5.74, 6) is 1.20. The van der Waals surface area contributed by atoms with Crippen LogP contribution < -0.4 is 10.2 Å². The molecule has 3 rings (SSSR count). The highest BCUT2D eigenvalue weighted by Crippen LogP contribution is 2.23. The second-order valence-corrected chi connectivity index (χ2v) is 5.84. The number of aromatic nitrogens is 2. The van der Waals surface area contributed by atoms with Crippen molar-refractivity contribution < 1.29 is 4.79 Å². The summed E-state index contributed by atoms with van der Waals surface area (Å²) in [5, 5.41) is 3.22. The highest BCUT2D eigenvalue weighted by molar-refractivity contribution is 5.79. The van der Waals surface area contributed by atoms with Crippen molar-refractivity contribution in [3.05, 3.63) is 18.6 Å². The SMILES string of the molecule is O=C(NC1CCCC1)[C@@H]1CCCN(c2cnccn2)C1. The minimum absolute atomic E-state index is 0.0892. The van der Waals surface area contributed by atoms with Crippen LogP contribution >= 0.6 is 0 Å². The Morgan fingerprint density at radius 2 is 2.05 bits per heavy atom. The van der Waals surface area contributed by atoms with Crippen LogP contribution in [0.15, 0.2) is 18.6 Å². The normalized spacial score (nSPS) is 23.8. The Labute approximate surface area is 119 Å². The molecule has 1 saturated carbocycles. The Balaban J connectivity index is 1.58. The quantitative estimate of drug-likeness (QED) is 0.912. The van der Waals surface area contributed by atoms with Gasteiger partial charge in [-0.1, -0.05) is 12.8 Å². The van der Waals surface area contributed by atoms with E-state index < -0.39 is 0 Å². The summed E-state index contributed by atoms with van der Waals surface area (Å²) < 4.78 is 0. The smallest absolute Gasteiger partial charge is 0.225 e. The molecule has 108 valence electrons. The van der Waals surface area contributed by atoms with Crippen molar-refractivity contribution in [1.82, 2.24) is 15.3 Å². The first-order valence-corrected chi connectivity index (χ1v) is 7.64. The molecule has 0 unspecified atom stereocenters. The third-order valence-corrected chi connectivity index (χ3v) is 4.37. The first-order valence-electron chi connectivity index (χ1n) is 7.64. The van der Waals surface area contributed by atoms with Crippen LogP contribution in [0.25, 0.3) is 0 Å². The van der Waals surface area contributed by atoms with Crippen molar-refractivity contribution in [2.75, 3.05) is 18.0 Å². The van der Waals surface area contributed by atoms with Gasteiger partial charge in [-0.2, -0.15) is 0 Å². The van der Waals surface area contributed by atoms with Crippen LogP contribution in [0.1, 0.15) is 38.5 Å². The van der Waals surface area contributed by atoms with E-state index in [2.05, 4.69) is 20.2 Å². The maximum atomic E-state index is 12.4. The Hall–Kier alpha value is -1.65. The summed E-state index contributed by atoms with van der Waals surface area (Å²) in [6, 6.07) is 0.411. The molecular weight excluding hydrogens is 252 g/mol. The number of rotatable bonds is 3. The number of amides is 1. The van der Waals surface area contributed by atoms with Crippen LogP contribution in [0.5, 0.6) is 0 Å². The number of nitrogens with zero attached hydrogens (tertiary/aromatic N) is 3. The Kier molecular flexibility index (Phi) is 4.14. The molecule has 5 nitrogen and oxygen atoms in total. The van der Waals surface area contributed by atoms with E-state index >= 15 is 0 Å². The largest absolute Gasteiger partial charge is 0.355 e. The molecule has 1 N–H and O–H groups in total. The van der Waals surface area contributed by atoms with E-state index in [1.807, 2.05) is 0 Å². The lowest BCUT2D eigenvalue weighted by atomic mass is 9.96. The van der Waals surface area contributed by atoms with Crippen LogP contribution in [0, 0.1) is 5.92 Å². The van der Waals surface area contributed by atoms with Gasteiger partial charge in [0.2, 0.25) is 5.91 Å². The maximum Gasteiger partial charge on any atom is 0.225 e. The zero-order chi connectivity index (χ0) is 13.8. The van der Waals surface area contributed by atoms with Gasteiger partial charge in [0.1, 0.15) is 5.82 Å². The van der Waals surface area contributed by atoms with Gasteiger partial charge >= 0.3 is 0 Å². The van der Waals surface area contributed by atoms with Crippen LogP contribution in [0.3, 0.4) is 0 Å². The lowest BCUT2D eigenvalue weighted by Crippen LogP contribution is -2.45. The molecule has 5 heteroatoms. The Morgan fingerprint density at radius 3 is 2.80 bits per heavy atom. The highest BCUT2D eigenvalue weighted by Gasteiger charge is 2.28. The van der Waals surface area contributed by atoms with Crippen molar-refractivity contribution in [1.29, 1.82) is 0 Å². The highest BCUT2D eigenvalue weighted by atomic mass is 16.2. The fraction of sp³-hybridized carbons (Fsp3) is 0.667. The van der Waals surface area contributed by atoms with E-state index in [4.69, 9.17) is 0 Å². The van der Waals surface area contributed by atoms with Crippen molar-refractivity contribution >= 4 is 11.7 Å². The van der Waals surface area contributed by atoms with Gasteiger partial charge in [0, 0.05) is 31.5 Å². The van der Waals surface area contributed by atoms with Gasteiger partial charge in [-0.25, -0.2) is 4.98 Å². The first-order chi connectivity index (χ1) is 9.83. The molecule has 20 heavy (non-hydrogen) atoms. The van der Waals surface area contributed by atoms with E-state index in [0.29, 0.717) is 6.04 Å². The predicted molar refractivity (Wildman–Crippen MR) is 77.4 cm³/mol. The molecule has 2 heterocycles. The third kappa shape index (κ3) is 3.08. The first kappa shape index (κ1) is 13.3. The summed E-state index contributed by atoms with van der Waals surface area (Å²) in [6.45, 7) is 1.73. The summed E-state index contributed by atoms with van der Waals surface area (Å²) in [6.07, 6.45) is 12.0. The monoisotopic (exact) mass is 274 g/mol. The van der Waals surface area contributed by atoms with Crippen molar-refractivity contribution in [3.63, 3.8) is 0 Å². The summed E-state index contributed by atoms with van der Waals surface area (Å²) in [5.41, 5.74) is 0. The second-order valence-electron chi connectivity index (χ2n) is 5.84. The van der Waals surface area contributed by atoms with Gasteiger partial charge in [-0.3, -0.25) is 9.78 Å². The maximum absolute atomic E-state index is 12.4. The summed E-state index contributed by atoms with van der Waals surface area (Å²) in [4.78, 5) is 23.0. The molecule has 0 radical (unpaired) electrons. The number of hydrogen-bond donors (Lipinski definition) is 1. The molecule has 0 bridgehead atoms. The molecule has 1 aliphatic carbocycles. The standard InChI is InChI=1S/C15H22N4O/c20-15(18-13-5-1-2-6-13)12-4-3-9-19(11-12)14-10-16-7-8-17-14/h7-8,10,12-13H,1-6,9,11H2,(H,18,20)/t12-/m1/s1. The average Bonchev–Trinajstić information content (AvgIpc) is 3.01. The number of piperidine rings is 1. The van der Waals surface area contributed by atoms with Crippen LogP contribution in [0.2, 0.25) is 0 Å². The van der Waals surface area contributed by atoms with Gasteiger partial charge < -0.3 is 10.2 Å². The fourth-order valence-corrected chi connectivity index (χ4v) is 3.24. The zero-order valence-electron chi connectivity index (χ0n) is 11.8. The van der Waals surface area contributed by atoms with Crippen molar-refractivity contribution in [2.24, 2.45) is 5.92 Å². The number of hydrogen-bond acceptors (Lipinski definition) is 4. The fourth-order valence-electron chi connectivity index (χ4n) is 3.24. The molecule has 0 aromatic carbocycles. The Morgan fingerprint density at radius 1 is 1.20 bits per heavy atom. The average molecular weight is 274 g/mol. The van der Waals surface area contributed by atoms with Gasteiger partial charge in [0.05, 0.1) is 12.1 Å². The van der Waals surface area contributed by atoms with E-state index in [1.54, 1.807) is 18.6 Å². The minimum Gasteiger partial charge on any atom is -0.355 e.